The van der Waals surface area contributed by atoms with Crippen molar-refractivity contribution in [3.8, 4) is 0 Å². The Balaban J connectivity index is 1.91. The highest BCUT2D eigenvalue weighted by Crippen LogP contribution is 2.29. The fraction of sp³-hybridized carbons (Fsp3) is 0.429. The Bertz CT molecular complexity index is 1290. The van der Waals surface area contributed by atoms with Gasteiger partial charge in [-0.15, -0.1) is 0 Å². The molecule has 10 heteroatoms. The highest BCUT2D eigenvalue weighted by molar-refractivity contribution is 6.31. The third-order valence-electron chi connectivity index (χ3n) is 5.60. The number of nitrogens with zero attached hydrogens (tertiary/aromatic N) is 6. The average molecular weight is 445 g/mol. The Morgan fingerprint density at radius 1 is 1.23 bits per heavy atom. The van der Waals surface area contributed by atoms with E-state index in [1.807, 2.05) is 37.5 Å². The minimum absolute atomic E-state index is 0.0805. The van der Waals surface area contributed by atoms with Gasteiger partial charge in [-0.2, -0.15) is 10.1 Å². The van der Waals surface area contributed by atoms with Crippen LogP contribution in [-0.2, 0) is 18.3 Å². The quantitative estimate of drug-likeness (QED) is 0.545. The van der Waals surface area contributed by atoms with Crippen LogP contribution in [0.25, 0.3) is 11.2 Å². The molecule has 0 radical (unpaired) electrons. The lowest BCUT2D eigenvalue weighted by Crippen LogP contribution is -2.40. The molecule has 0 N–H and O–H groups in total. The van der Waals surface area contributed by atoms with Gasteiger partial charge in [0.15, 0.2) is 11.2 Å². The predicted molar refractivity (Wildman–Crippen MR) is 121 cm³/mol. The molecular formula is C21H25ClN6O3. The summed E-state index contributed by atoms with van der Waals surface area (Å²) in [6.07, 6.45) is 0. The van der Waals surface area contributed by atoms with Crippen molar-refractivity contribution >= 4 is 34.4 Å². The molecule has 2 aromatic heterocycles. The van der Waals surface area contributed by atoms with Crippen molar-refractivity contribution in [1.82, 2.24) is 18.7 Å². The van der Waals surface area contributed by atoms with Crippen LogP contribution in [0.1, 0.15) is 32.4 Å². The maximum absolute atomic E-state index is 13.5. The van der Waals surface area contributed by atoms with Crippen LogP contribution in [0, 0.1) is 0 Å². The van der Waals surface area contributed by atoms with Gasteiger partial charge in [0, 0.05) is 18.7 Å². The number of halogens is 1. The van der Waals surface area contributed by atoms with Gasteiger partial charge in [0.25, 0.3) is 5.56 Å². The molecule has 1 aliphatic rings. The molecule has 4 rings (SSSR count). The minimum Gasteiger partial charge on any atom is -0.380 e. The summed E-state index contributed by atoms with van der Waals surface area (Å²) >= 11 is 6.28. The number of fused-ring (bicyclic) bond motifs is 3. The van der Waals surface area contributed by atoms with Crippen molar-refractivity contribution < 1.29 is 4.74 Å². The normalized spacial score (nSPS) is 16.0. The topological polar surface area (TPSA) is 86.7 Å². The molecule has 0 saturated heterocycles. The Kier molecular flexibility index (Phi) is 5.72. The lowest BCUT2D eigenvalue weighted by Gasteiger charge is -2.29. The smallest absolute Gasteiger partial charge is 0.332 e. The summed E-state index contributed by atoms with van der Waals surface area (Å²) in [7, 11) is 1.62. The van der Waals surface area contributed by atoms with Crippen molar-refractivity contribution in [2.75, 3.05) is 24.8 Å². The van der Waals surface area contributed by atoms with Crippen LogP contribution in [0.15, 0.2) is 39.0 Å². The van der Waals surface area contributed by atoms with Crippen LogP contribution >= 0.6 is 11.6 Å². The number of imidazole rings is 1. The molecule has 0 bridgehead atoms. The van der Waals surface area contributed by atoms with E-state index in [1.54, 1.807) is 24.2 Å². The molecular weight excluding hydrogens is 420 g/mol. The number of ether oxygens (including phenoxy) is 1. The number of hydrogen-bond donors (Lipinski definition) is 0. The standard InChI is InChI=1S/C21H25ClN6O3/c1-5-31-11-10-27-20-23-18-17(28(20)14(3)13(2)24-27)19(29)26(21(30)25(18)4)12-15-8-6-7-9-16(15)22/h6-9,14H,5,10-12H2,1-4H3/t14-/m0/s1. The van der Waals surface area contributed by atoms with Gasteiger partial charge in [-0.1, -0.05) is 29.8 Å². The first-order valence-electron chi connectivity index (χ1n) is 10.2. The van der Waals surface area contributed by atoms with Crippen LogP contribution < -0.4 is 16.3 Å². The molecule has 3 heterocycles. The van der Waals surface area contributed by atoms with E-state index < -0.39 is 11.2 Å². The first-order valence-corrected chi connectivity index (χ1v) is 10.6. The molecule has 0 aliphatic carbocycles. The lowest BCUT2D eigenvalue weighted by atomic mass is 10.2. The third-order valence-corrected chi connectivity index (χ3v) is 5.97. The molecule has 9 nitrogen and oxygen atoms in total. The van der Waals surface area contributed by atoms with Crippen molar-refractivity contribution in [1.29, 1.82) is 0 Å². The molecule has 0 amide bonds. The van der Waals surface area contributed by atoms with Gasteiger partial charge < -0.3 is 4.74 Å². The molecule has 1 aromatic carbocycles. The lowest BCUT2D eigenvalue weighted by molar-refractivity contribution is 0.153. The summed E-state index contributed by atoms with van der Waals surface area (Å²) in [5.74, 6) is 0.524. The molecule has 3 aromatic rings. The number of aryl methyl sites for hydroxylation is 1. The average Bonchev–Trinajstić information content (AvgIpc) is 3.16. The zero-order chi connectivity index (χ0) is 22.3. The van der Waals surface area contributed by atoms with Crippen molar-refractivity contribution in [3.05, 3.63) is 55.7 Å². The molecule has 0 fully saturated rings. The highest BCUT2D eigenvalue weighted by Gasteiger charge is 2.30. The monoisotopic (exact) mass is 444 g/mol. The first-order chi connectivity index (χ1) is 14.8. The second kappa shape index (κ2) is 8.32. The maximum atomic E-state index is 13.5. The molecule has 1 atom stereocenters. The molecule has 164 valence electrons. The maximum Gasteiger partial charge on any atom is 0.332 e. The Morgan fingerprint density at radius 3 is 2.68 bits per heavy atom. The van der Waals surface area contributed by atoms with Crippen LogP contribution in [-0.4, -0.2) is 44.2 Å². The van der Waals surface area contributed by atoms with Crippen molar-refractivity contribution in [2.45, 2.75) is 33.4 Å². The van der Waals surface area contributed by atoms with Gasteiger partial charge in [0.2, 0.25) is 5.95 Å². The van der Waals surface area contributed by atoms with Crippen LogP contribution in [0.3, 0.4) is 0 Å². The second-order valence-corrected chi connectivity index (χ2v) is 7.92. The fourth-order valence-electron chi connectivity index (χ4n) is 3.76. The number of hydrogen-bond acceptors (Lipinski definition) is 6. The van der Waals surface area contributed by atoms with E-state index >= 15 is 0 Å². The van der Waals surface area contributed by atoms with E-state index in [9.17, 15) is 9.59 Å². The summed E-state index contributed by atoms with van der Waals surface area (Å²) in [5.41, 5.74) is 1.40. The second-order valence-electron chi connectivity index (χ2n) is 7.52. The van der Waals surface area contributed by atoms with E-state index in [-0.39, 0.29) is 12.6 Å². The summed E-state index contributed by atoms with van der Waals surface area (Å²) in [6, 6.07) is 7.00. The van der Waals surface area contributed by atoms with Gasteiger partial charge in [0.05, 0.1) is 31.4 Å². The number of rotatable bonds is 6. The number of anilines is 1. The van der Waals surface area contributed by atoms with E-state index in [2.05, 4.69) is 10.1 Å². The van der Waals surface area contributed by atoms with Gasteiger partial charge in [-0.3, -0.25) is 18.5 Å². The minimum atomic E-state index is -0.445. The predicted octanol–water partition coefficient (Wildman–Crippen LogP) is 2.39. The van der Waals surface area contributed by atoms with E-state index in [0.29, 0.717) is 47.5 Å². The van der Waals surface area contributed by atoms with Crippen LogP contribution in [0.2, 0.25) is 5.02 Å². The van der Waals surface area contributed by atoms with E-state index in [4.69, 9.17) is 16.3 Å². The van der Waals surface area contributed by atoms with Crippen molar-refractivity contribution in [3.63, 3.8) is 0 Å². The van der Waals surface area contributed by atoms with E-state index in [0.717, 1.165) is 5.71 Å². The summed E-state index contributed by atoms with van der Waals surface area (Å²) in [6.45, 7) is 7.45. The molecule has 0 spiro atoms. The molecule has 1 aliphatic heterocycles. The summed E-state index contributed by atoms with van der Waals surface area (Å²) < 4.78 is 9.93. The summed E-state index contributed by atoms with van der Waals surface area (Å²) in [5, 5.41) is 6.86. The van der Waals surface area contributed by atoms with Gasteiger partial charge in [0.1, 0.15) is 0 Å². The third kappa shape index (κ3) is 3.57. The summed E-state index contributed by atoms with van der Waals surface area (Å²) in [4.78, 5) is 31.2. The first kappa shape index (κ1) is 21.3. The van der Waals surface area contributed by atoms with E-state index in [1.165, 1.54) is 9.13 Å². The zero-order valence-electron chi connectivity index (χ0n) is 18.0. The zero-order valence-corrected chi connectivity index (χ0v) is 18.8. The van der Waals surface area contributed by atoms with Crippen LogP contribution in [0.5, 0.6) is 0 Å². The van der Waals surface area contributed by atoms with Gasteiger partial charge in [-0.25, -0.2) is 9.80 Å². The van der Waals surface area contributed by atoms with Gasteiger partial charge >= 0.3 is 5.69 Å². The number of hydrazone groups is 1. The Morgan fingerprint density at radius 2 is 1.97 bits per heavy atom. The Labute approximate surface area is 184 Å². The SMILES string of the molecule is CCOCCN1N=C(C)[C@H](C)n2c1nc1c2c(=O)n(Cc2ccccc2Cl)c(=O)n1C. The highest BCUT2D eigenvalue weighted by atomic mass is 35.5. The van der Waals surface area contributed by atoms with Crippen LogP contribution in [0.4, 0.5) is 5.95 Å². The molecule has 31 heavy (non-hydrogen) atoms. The van der Waals surface area contributed by atoms with Crippen molar-refractivity contribution in [2.24, 2.45) is 12.1 Å². The molecule has 0 saturated carbocycles. The Hall–Kier alpha value is -2.91. The number of aromatic nitrogens is 4. The molecule has 0 unspecified atom stereocenters. The van der Waals surface area contributed by atoms with Gasteiger partial charge in [-0.05, 0) is 32.4 Å². The fourth-order valence-corrected chi connectivity index (χ4v) is 3.96. The number of benzene rings is 1. The largest absolute Gasteiger partial charge is 0.380 e.